The minimum Gasteiger partial charge on any atom is -0.481 e. The Morgan fingerprint density at radius 1 is 1.15 bits per heavy atom. The molecule has 0 bridgehead atoms. The average Bonchev–Trinajstić information content (AvgIpc) is 2.39. The van der Waals surface area contributed by atoms with Crippen LogP contribution in [-0.2, 0) is 9.59 Å². The fourth-order valence-corrected chi connectivity index (χ4v) is 3.85. The summed E-state index contributed by atoms with van der Waals surface area (Å²) in [6.45, 7) is 2.22. The molecule has 114 valence electrons. The first-order valence-electron chi connectivity index (χ1n) is 8.05. The van der Waals surface area contributed by atoms with Gasteiger partial charge in [0.05, 0.1) is 5.41 Å². The third kappa shape index (κ3) is 3.74. The van der Waals surface area contributed by atoms with Gasteiger partial charge >= 0.3 is 5.97 Å². The number of amides is 1. The van der Waals surface area contributed by atoms with Gasteiger partial charge in [-0.15, -0.1) is 0 Å². The maximum atomic E-state index is 12.2. The van der Waals surface area contributed by atoms with Crippen molar-refractivity contribution in [2.75, 3.05) is 0 Å². The van der Waals surface area contributed by atoms with E-state index in [4.69, 9.17) is 0 Å². The van der Waals surface area contributed by atoms with Gasteiger partial charge in [-0.05, 0) is 31.6 Å². The molecule has 2 N–H and O–H groups in total. The Bertz CT molecular complexity index is 361. The van der Waals surface area contributed by atoms with E-state index in [2.05, 4.69) is 12.2 Å². The molecule has 0 aromatic rings. The molecule has 20 heavy (non-hydrogen) atoms. The molecule has 0 heterocycles. The molecule has 1 amide bonds. The van der Waals surface area contributed by atoms with Crippen LogP contribution in [0.1, 0.15) is 71.1 Å². The highest BCUT2D eigenvalue weighted by Gasteiger charge is 2.41. The van der Waals surface area contributed by atoms with Crippen molar-refractivity contribution in [2.45, 2.75) is 77.2 Å². The summed E-state index contributed by atoms with van der Waals surface area (Å²) in [7, 11) is 0. The van der Waals surface area contributed by atoms with E-state index in [-0.39, 0.29) is 18.4 Å². The van der Waals surface area contributed by atoms with Crippen molar-refractivity contribution < 1.29 is 14.7 Å². The molecule has 2 aliphatic rings. The maximum absolute atomic E-state index is 12.2. The second kappa shape index (κ2) is 6.59. The zero-order valence-corrected chi connectivity index (χ0v) is 12.5. The first kappa shape index (κ1) is 15.3. The minimum atomic E-state index is -0.803. The van der Waals surface area contributed by atoms with Crippen molar-refractivity contribution in [3.63, 3.8) is 0 Å². The van der Waals surface area contributed by atoms with Crippen LogP contribution in [0.15, 0.2) is 0 Å². The molecule has 2 unspecified atom stereocenters. The molecular weight excluding hydrogens is 254 g/mol. The van der Waals surface area contributed by atoms with Gasteiger partial charge in [-0.2, -0.15) is 0 Å². The lowest BCUT2D eigenvalue weighted by molar-refractivity contribution is -0.154. The highest BCUT2D eigenvalue weighted by molar-refractivity contribution is 5.85. The van der Waals surface area contributed by atoms with E-state index in [1.165, 1.54) is 6.42 Å². The van der Waals surface area contributed by atoms with Crippen LogP contribution < -0.4 is 5.32 Å². The predicted molar refractivity (Wildman–Crippen MR) is 77.3 cm³/mol. The van der Waals surface area contributed by atoms with E-state index in [1.54, 1.807) is 0 Å². The molecule has 0 aromatic carbocycles. The Morgan fingerprint density at radius 3 is 2.45 bits per heavy atom. The molecule has 2 saturated carbocycles. The maximum Gasteiger partial charge on any atom is 0.310 e. The van der Waals surface area contributed by atoms with Crippen molar-refractivity contribution in [3.05, 3.63) is 0 Å². The van der Waals surface area contributed by atoms with E-state index in [0.717, 1.165) is 38.5 Å². The van der Waals surface area contributed by atoms with E-state index in [0.29, 0.717) is 18.8 Å². The third-order valence-electron chi connectivity index (χ3n) is 5.06. The quantitative estimate of drug-likeness (QED) is 0.832. The standard InChI is InChI=1S/C16H27NO3/c1-12-6-5-7-13(10-12)17-14(18)11-16(15(19)20)8-3-2-4-9-16/h12-13H,2-11H2,1H3,(H,17,18)(H,19,20). The Morgan fingerprint density at radius 2 is 1.85 bits per heavy atom. The Kier molecular flexibility index (Phi) is 5.06. The first-order chi connectivity index (χ1) is 9.52. The van der Waals surface area contributed by atoms with Crippen molar-refractivity contribution in [1.29, 1.82) is 0 Å². The van der Waals surface area contributed by atoms with Crippen LogP contribution in [0.4, 0.5) is 0 Å². The van der Waals surface area contributed by atoms with Gasteiger partial charge in [-0.3, -0.25) is 9.59 Å². The lowest BCUT2D eigenvalue weighted by atomic mass is 9.71. The van der Waals surface area contributed by atoms with Crippen molar-refractivity contribution in [3.8, 4) is 0 Å². The van der Waals surface area contributed by atoms with Gasteiger partial charge in [0, 0.05) is 12.5 Å². The van der Waals surface area contributed by atoms with Gasteiger partial charge in [0.1, 0.15) is 0 Å². The second-order valence-corrected chi connectivity index (χ2v) is 6.86. The summed E-state index contributed by atoms with van der Waals surface area (Å²) in [5, 5.41) is 12.6. The largest absolute Gasteiger partial charge is 0.481 e. The molecule has 2 aliphatic carbocycles. The number of aliphatic carboxylic acids is 1. The van der Waals surface area contributed by atoms with Crippen LogP contribution in [0.2, 0.25) is 0 Å². The SMILES string of the molecule is CC1CCCC(NC(=O)CC2(C(=O)O)CCCCC2)C1. The number of nitrogens with one attached hydrogen (secondary N) is 1. The van der Waals surface area contributed by atoms with Crippen LogP contribution in [0.25, 0.3) is 0 Å². The smallest absolute Gasteiger partial charge is 0.310 e. The molecule has 0 aromatic heterocycles. The zero-order valence-electron chi connectivity index (χ0n) is 12.5. The number of carbonyl (C=O) groups excluding carboxylic acids is 1. The molecule has 2 fully saturated rings. The van der Waals surface area contributed by atoms with E-state index in [9.17, 15) is 14.7 Å². The van der Waals surface area contributed by atoms with Gasteiger partial charge < -0.3 is 10.4 Å². The molecular formula is C16H27NO3. The van der Waals surface area contributed by atoms with Gasteiger partial charge in [0.25, 0.3) is 0 Å². The summed E-state index contributed by atoms with van der Waals surface area (Å²) in [5.41, 5.74) is -0.803. The van der Waals surface area contributed by atoms with E-state index in [1.807, 2.05) is 0 Å². The van der Waals surface area contributed by atoms with Crippen LogP contribution in [0, 0.1) is 11.3 Å². The minimum absolute atomic E-state index is 0.0617. The van der Waals surface area contributed by atoms with Crippen LogP contribution >= 0.6 is 0 Å². The monoisotopic (exact) mass is 281 g/mol. The number of hydrogen-bond acceptors (Lipinski definition) is 2. The zero-order chi connectivity index (χ0) is 14.6. The van der Waals surface area contributed by atoms with E-state index >= 15 is 0 Å². The van der Waals surface area contributed by atoms with Crippen molar-refractivity contribution in [2.24, 2.45) is 11.3 Å². The molecule has 2 rings (SSSR count). The highest BCUT2D eigenvalue weighted by Crippen LogP contribution is 2.39. The number of rotatable bonds is 4. The van der Waals surface area contributed by atoms with E-state index < -0.39 is 11.4 Å². The number of carboxylic acid groups (broad SMARTS) is 1. The predicted octanol–water partition coefficient (Wildman–Crippen LogP) is 3.11. The number of hydrogen-bond donors (Lipinski definition) is 2. The Labute approximate surface area is 121 Å². The van der Waals surface area contributed by atoms with Crippen molar-refractivity contribution in [1.82, 2.24) is 5.32 Å². The molecule has 0 aliphatic heterocycles. The lowest BCUT2D eigenvalue weighted by Gasteiger charge is -2.34. The normalized spacial score (nSPS) is 29.6. The molecule has 2 atom stereocenters. The van der Waals surface area contributed by atoms with Crippen LogP contribution in [0.3, 0.4) is 0 Å². The van der Waals surface area contributed by atoms with Crippen LogP contribution in [0.5, 0.6) is 0 Å². The molecule has 0 radical (unpaired) electrons. The Hall–Kier alpha value is -1.06. The van der Waals surface area contributed by atoms with Crippen molar-refractivity contribution >= 4 is 11.9 Å². The average molecular weight is 281 g/mol. The number of carbonyl (C=O) groups is 2. The summed E-state index contributed by atoms with van der Waals surface area (Å²) in [6.07, 6.45) is 8.89. The first-order valence-corrected chi connectivity index (χ1v) is 8.05. The lowest BCUT2D eigenvalue weighted by Crippen LogP contribution is -2.43. The summed E-state index contributed by atoms with van der Waals surface area (Å²) < 4.78 is 0. The molecule has 0 saturated heterocycles. The second-order valence-electron chi connectivity index (χ2n) is 6.86. The van der Waals surface area contributed by atoms with Crippen LogP contribution in [-0.4, -0.2) is 23.0 Å². The Balaban J connectivity index is 1.90. The highest BCUT2D eigenvalue weighted by atomic mass is 16.4. The third-order valence-corrected chi connectivity index (χ3v) is 5.06. The molecule has 4 heteroatoms. The fourth-order valence-electron chi connectivity index (χ4n) is 3.85. The van der Waals surface area contributed by atoms with Gasteiger partial charge in [-0.25, -0.2) is 0 Å². The van der Waals surface area contributed by atoms with Gasteiger partial charge in [0.2, 0.25) is 5.91 Å². The fraction of sp³-hybridized carbons (Fsp3) is 0.875. The number of carboxylic acids is 1. The summed E-state index contributed by atoms with van der Waals surface area (Å²) in [6, 6.07) is 0.251. The topological polar surface area (TPSA) is 66.4 Å². The molecule has 4 nitrogen and oxygen atoms in total. The van der Waals surface area contributed by atoms with Gasteiger partial charge in [0.15, 0.2) is 0 Å². The summed E-state index contributed by atoms with van der Waals surface area (Å²) in [5.74, 6) is -0.185. The molecule has 0 spiro atoms. The summed E-state index contributed by atoms with van der Waals surface area (Å²) in [4.78, 5) is 23.8. The van der Waals surface area contributed by atoms with Gasteiger partial charge in [-0.1, -0.05) is 39.0 Å². The summed E-state index contributed by atoms with van der Waals surface area (Å²) >= 11 is 0.